The second-order valence-corrected chi connectivity index (χ2v) is 5.30. The second-order valence-electron chi connectivity index (χ2n) is 4.89. The normalized spacial score (nSPS) is 10.3. The van der Waals surface area contributed by atoms with Gasteiger partial charge in [0.15, 0.2) is 5.11 Å². The van der Waals surface area contributed by atoms with Gasteiger partial charge in [0.2, 0.25) is 5.91 Å². The molecule has 0 aliphatic carbocycles. The van der Waals surface area contributed by atoms with Gasteiger partial charge in [0.25, 0.3) is 0 Å². The Morgan fingerprint density at radius 3 is 2.61 bits per heavy atom. The van der Waals surface area contributed by atoms with Gasteiger partial charge >= 0.3 is 0 Å². The van der Waals surface area contributed by atoms with Crippen LogP contribution in [0.2, 0.25) is 0 Å². The number of carbonyl (C=O) groups excluding carboxylic acids is 1. The van der Waals surface area contributed by atoms with Gasteiger partial charge in [0.1, 0.15) is 5.75 Å². The summed E-state index contributed by atoms with van der Waals surface area (Å²) in [5.41, 5.74) is 2.72. The number of ether oxygens (including phenoxy) is 1. The minimum Gasteiger partial charge on any atom is -0.495 e. The summed E-state index contributed by atoms with van der Waals surface area (Å²) < 4.78 is 5.26. The van der Waals surface area contributed by atoms with Crippen LogP contribution in [0.5, 0.6) is 5.75 Å². The van der Waals surface area contributed by atoms with Crippen molar-refractivity contribution in [2.75, 3.05) is 12.4 Å². The molecule has 0 unspecified atom stereocenters. The third-order valence-corrected chi connectivity index (χ3v) is 3.27. The Morgan fingerprint density at radius 1 is 1.17 bits per heavy atom. The van der Waals surface area contributed by atoms with Crippen LogP contribution in [0, 0.1) is 6.92 Å². The molecule has 0 atom stereocenters. The van der Waals surface area contributed by atoms with Crippen LogP contribution in [-0.4, -0.2) is 18.1 Å². The highest BCUT2D eigenvalue weighted by atomic mass is 32.1. The van der Waals surface area contributed by atoms with Crippen molar-refractivity contribution in [1.29, 1.82) is 0 Å². The molecule has 0 bridgehead atoms. The molecule has 1 amide bonds. The zero-order valence-corrected chi connectivity index (χ0v) is 13.8. The number of hydrogen-bond acceptors (Lipinski definition) is 3. The van der Waals surface area contributed by atoms with E-state index in [1.54, 1.807) is 13.2 Å². The lowest BCUT2D eigenvalue weighted by Gasteiger charge is -2.12. The van der Waals surface area contributed by atoms with Gasteiger partial charge in [-0.15, -0.1) is 0 Å². The zero-order valence-electron chi connectivity index (χ0n) is 13.0. The first kappa shape index (κ1) is 16.7. The molecule has 0 radical (unpaired) electrons. The van der Waals surface area contributed by atoms with E-state index in [1.165, 1.54) is 6.08 Å². The van der Waals surface area contributed by atoms with Crippen LogP contribution in [0.15, 0.2) is 54.6 Å². The third-order valence-electron chi connectivity index (χ3n) is 3.07. The van der Waals surface area contributed by atoms with Gasteiger partial charge < -0.3 is 10.1 Å². The molecule has 0 aliphatic rings. The number of amides is 1. The fraction of sp³-hybridized carbons (Fsp3) is 0.111. The smallest absolute Gasteiger partial charge is 0.250 e. The summed E-state index contributed by atoms with van der Waals surface area (Å²) in [6, 6.07) is 15.3. The van der Waals surface area contributed by atoms with Crippen molar-refractivity contribution in [2.24, 2.45) is 0 Å². The quantitative estimate of drug-likeness (QED) is 0.667. The molecular weight excluding hydrogens is 308 g/mol. The van der Waals surface area contributed by atoms with Crippen LogP contribution in [0.3, 0.4) is 0 Å². The van der Waals surface area contributed by atoms with E-state index in [2.05, 4.69) is 10.6 Å². The van der Waals surface area contributed by atoms with E-state index in [0.29, 0.717) is 11.4 Å². The molecule has 0 aromatic heterocycles. The molecule has 0 aliphatic heterocycles. The maximum absolute atomic E-state index is 11.9. The minimum absolute atomic E-state index is 0.219. The molecule has 23 heavy (non-hydrogen) atoms. The van der Waals surface area contributed by atoms with Gasteiger partial charge in [-0.1, -0.05) is 36.4 Å². The first-order valence-electron chi connectivity index (χ1n) is 7.08. The molecule has 0 saturated heterocycles. The number of aryl methyl sites for hydroxylation is 1. The number of carbonyl (C=O) groups is 1. The van der Waals surface area contributed by atoms with Gasteiger partial charge in [-0.05, 0) is 48.5 Å². The molecule has 0 spiro atoms. The van der Waals surface area contributed by atoms with Crippen molar-refractivity contribution in [1.82, 2.24) is 5.32 Å². The Bertz CT molecular complexity index is 727. The summed E-state index contributed by atoms with van der Waals surface area (Å²) in [5.74, 6) is 0.366. The number of methoxy groups -OCH3 is 1. The first-order chi connectivity index (χ1) is 11.1. The van der Waals surface area contributed by atoms with E-state index < -0.39 is 0 Å². The van der Waals surface area contributed by atoms with Crippen molar-refractivity contribution in [2.45, 2.75) is 6.92 Å². The Labute approximate surface area is 141 Å². The average Bonchev–Trinajstić information content (AvgIpc) is 2.54. The molecule has 2 rings (SSSR count). The molecule has 0 heterocycles. The Morgan fingerprint density at radius 2 is 1.91 bits per heavy atom. The lowest BCUT2D eigenvalue weighted by atomic mass is 10.2. The summed E-state index contributed by atoms with van der Waals surface area (Å²) in [5, 5.41) is 5.80. The summed E-state index contributed by atoms with van der Waals surface area (Å²) in [6.45, 7) is 1.97. The highest BCUT2D eigenvalue weighted by Gasteiger charge is 2.06. The lowest BCUT2D eigenvalue weighted by Crippen LogP contribution is -2.32. The number of anilines is 1. The van der Waals surface area contributed by atoms with E-state index in [0.717, 1.165) is 11.1 Å². The highest BCUT2D eigenvalue weighted by Crippen LogP contribution is 2.24. The van der Waals surface area contributed by atoms with Crippen LogP contribution < -0.4 is 15.4 Å². The predicted molar refractivity (Wildman–Crippen MR) is 97.6 cm³/mol. The average molecular weight is 326 g/mol. The maximum atomic E-state index is 11.9. The van der Waals surface area contributed by atoms with Gasteiger partial charge in [-0.2, -0.15) is 0 Å². The number of thiocarbonyl (C=S) groups is 1. The van der Waals surface area contributed by atoms with Crippen molar-refractivity contribution < 1.29 is 9.53 Å². The van der Waals surface area contributed by atoms with Gasteiger partial charge in [-0.3, -0.25) is 10.1 Å². The maximum Gasteiger partial charge on any atom is 0.250 e. The molecule has 0 fully saturated rings. The number of rotatable bonds is 4. The molecule has 5 heteroatoms. The largest absolute Gasteiger partial charge is 0.495 e. The second kappa shape index (κ2) is 8.10. The Balaban J connectivity index is 1.96. The topological polar surface area (TPSA) is 50.4 Å². The molecule has 4 nitrogen and oxygen atoms in total. The van der Waals surface area contributed by atoms with Gasteiger partial charge in [0, 0.05) is 6.08 Å². The lowest BCUT2D eigenvalue weighted by molar-refractivity contribution is -0.115. The van der Waals surface area contributed by atoms with Crippen LogP contribution in [0.25, 0.3) is 6.08 Å². The predicted octanol–water partition coefficient (Wildman–Crippen LogP) is 3.53. The Hall–Kier alpha value is -2.66. The van der Waals surface area contributed by atoms with E-state index in [9.17, 15) is 4.79 Å². The summed E-state index contributed by atoms with van der Waals surface area (Å²) in [4.78, 5) is 11.9. The van der Waals surface area contributed by atoms with Crippen LogP contribution in [0.1, 0.15) is 11.1 Å². The van der Waals surface area contributed by atoms with Crippen molar-refractivity contribution >= 4 is 35.0 Å². The molecule has 0 saturated carbocycles. The monoisotopic (exact) mass is 326 g/mol. The fourth-order valence-corrected chi connectivity index (χ4v) is 2.17. The molecule has 118 valence electrons. The zero-order chi connectivity index (χ0) is 16.7. The van der Waals surface area contributed by atoms with Gasteiger partial charge in [0.05, 0.1) is 12.8 Å². The molecule has 2 aromatic carbocycles. The van der Waals surface area contributed by atoms with E-state index in [1.807, 2.05) is 55.5 Å². The van der Waals surface area contributed by atoms with E-state index in [-0.39, 0.29) is 11.0 Å². The number of nitrogens with one attached hydrogen (secondary N) is 2. The van der Waals surface area contributed by atoms with Gasteiger partial charge in [-0.25, -0.2) is 0 Å². The summed E-state index contributed by atoms with van der Waals surface area (Å²) >= 11 is 5.16. The first-order valence-corrected chi connectivity index (χ1v) is 7.49. The SMILES string of the molecule is COc1ccc(C)cc1NC(=S)NC(=O)/C=C/c1ccccc1. The standard InChI is InChI=1S/C18H18N2O2S/c1-13-8-10-16(22-2)15(12-13)19-18(23)20-17(21)11-9-14-6-4-3-5-7-14/h3-12H,1-2H3,(H2,19,20,21,23)/b11-9+. The van der Waals surface area contributed by atoms with Crippen molar-refractivity contribution in [3.05, 3.63) is 65.7 Å². The molecule has 2 N–H and O–H groups in total. The molecular formula is C18H18N2O2S. The van der Waals surface area contributed by atoms with E-state index in [4.69, 9.17) is 17.0 Å². The Kier molecular flexibility index (Phi) is 5.88. The van der Waals surface area contributed by atoms with Crippen LogP contribution in [-0.2, 0) is 4.79 Å². The van der Waals surface area contributed by atoms with E-state index >= 15 is 0 Å². The summed E-state index contributed by atoms with van der Waals surface area (Å²) in [7, 11) is 1.58. The van der Waals surface area contributed by atoms with Crippen molar-refractivity contribution in [3.63, 3.8) is 0 Å². The third kappa shape index (κ3) is 5.23. The minimum atomic E-state index is -0.294. The fourth-order valence-electron chi connectivity index (χ4n) is 1.96. The molecule has 2 aromatic rings. The number of hydrogen-bond donors (Lipinski definition) is 2. The van der Waals surface area contributed by atoms with Crippen LogP contribution >= 0.6 is 12.2 Å². The highest BCUT2D eigenvalue weighted by molar-refractivity contribution is 7.80. The van der Waals surface area contributed by atoms with Crippen LogP contribution in [0.4, 0.5) is 5.69 Å². The number of benzene rings is 2. The summed E-state index contributed by atoms with van der Waals surface area (Å²) in [6.07, 6.45) is 3.17. The van der Waals surface area contributed by atoms with Crippen molar-refractivity contribution in [3.8, 4) is 5.75 Å².